The molecule has 0 spiro atoms. The van der Waals surface area contributed by atoms with Gasteiger partial charge in [0.05, 0.1) is 11.6 Å². The maximum Gasteiger partial charge on any atom is 0.255 e. The van der Waals surface area contributed by atoms with Gasteiger partial charge in [-0.05, 0) is 38.0 Å². The Hall–Kier alpha value is -1.46. The average Bonchev–Trinajstić information content (AvgIpc) is 2.43. The molecule has 1 atom stereocenters. The Morgan fingerprint density at radius 2 is 2.10 bits per heavy atom. The summed E-state index contributed by atoms with van der Waals surface area (Å²) in [5.74, 6) is 0.313. The highest BCUT2D eigenvalue weighted by Crippen LogP contribution is 2.36. The van der Waals surface area contributed by atoms with Crippen molar-refractivity contribution in [3.63, 3.8) is 0 Å². The topological polar surface area (TPSA) is 73.6 Å². The van der Waals surface area contributed by atoms with Gasteiger partial charge in [0.15, 0.2) is 18.1 Å². The van der Waals surface area contributed by atoms with E-state index in [4.69, 9.17) is 26.8 Å². The van der Waals surface area contributed by atoms with Crippen LogP contribution < -0.4 is 20.5 Å². The number of carbonyl (C=O) groups excluding carboxylic acids is 1. The van der Waals surface area contributed by atoms with Gasteiger partial charge >= 0.3 is 0 Å². The van der Waals surface area contributed by atoms with Crippen LogP contribution in [0.4, 0.5) is 0 Å². The summed E-state index contributed by atoms with van der Waals surface area (Å²) < 4.78 is 10.9. The lowest BCUT2D eigenvalue weighted by molar-refractivity contribution is -0.119. The molecule has 21 heavy (non-hydrogen) atoms. The van der Waals surface area contributed by atoms with E-state index in [1.165, 1.54) is 0 Å². The molecule has 0 aliphatic rings. The predicted octanol–water partition coefficient (Wildman–Crippen LogP) is 2.49. The normalized spacial score (nSPS) is 12.0. The van der Waals surface area contributed by atoms with Crippen molar-refractivity contribution in [2.24, 2.45) is 5.73 Å². The van der Waals surface area contributed by atoms with E-state index in [9.17, 15) is 4.79 Å². The van der Waals surface area contributed by atoms with Crippen LogP contribution in [0.2, 0.25) is 5.02 Å². The van der Waals surface area contributed by atoms with Gasteiger partial charge in [0.25, 0.3) is 5.91 Å². The lowest BCUT2D eigenvalue weighted by Gasteiger charge is -2.16. The molecule has 0 saturated heterocycles. The Morgan fingerprint density at radius 1 is 1.38 bits per heavy atom. The summed E-state index contributed by atoms with van der Waals surface area (Å²) in [4.78, 5) is 10.8. The molecule has 0 aliphatic carbocycles. The third-order valence-corrected chi connectivity index (χ3v) is 3.28. The molecule has 0 saturated carbocycles. The van der Waals surface area contributed by atoms with Crippen molar-refractivity contribution in [3.8, 4) is 11.5 Å². The first-order valence-electron chi connectivity index (χ1n) is 7.07. The molecule has 0 heterocycles. The number of benzene rings is 1. The molecule has 0 aliphatic heterocycles. The molecule has 0 radical (unpaired) electrons. The smallest absolute Gasteiger partial charge is 0.255 e. The molecule has 1 rings (SSSR count). The summed E-state index contributed by atoms with van der Waals surface area (Å²) in [6.45, 7) is 7.04. The van der Waals surface area contributed by atoms with Crippen LogP contribution >= 0.6 is 11.6 Å². The number of ether oxygens (including phenoxy) is 2. The molecule has 1 aromatic carbocycles. The van der Waals surface area contributed by atoms with Gasteiger partial charge in [-0.3, -0.25) is 4.79 Å². The van der Waals surface area contributed by atoms with Crippen molar-refractivity contribution in [2.75, 3.05) is 13.2 Å². The van der Waals surface area contributed by atoms with Crippen molar-refractivity contribution in [1.82, 2.24) is 5.32 Å². The van der Waals surface area contributed by atoms with Crippen LogP contribution in [0, 0.1) is 0 Å². The van der Waals surface area contributed by atoms with E-state index in [1.54, 1.807) is 6.07 Å². The molecular weight excluding hydrogens is 292 g/mol. The van der Waals surface area contributed by atoms with E-state index in [-0.39, 0.29) is 6.61 Å². The van der Waals surface area contributed by atoms with Crippen LogP contribution in [0.15, 0.2) is 12.1 Å². The zero-order chi connectivity index (χ0) is 15.8. The van der Waals surface area contributed by atoms with Crippen molar-refractivity contribution < 1.29 is 14.3 Å². The minimum Gasteiger partial charge on any atom is -0.490 e. The molecule has 6 heteroatoms. The summed E-state index contributed by atoms with van der Waals surface area (Å²) in [5.41, 5.74) is 6.08. The average molecular weight is 315 g/mol. The quantitative estimate of drug-likeness (QED) is 0.734. The minimum atomic E-state index is -0.559. The number of amides is 1. The molecule has 5 nitrogen and oxygen atoms in total. The number of nitrogens with one attached hydrogen (secondary N) is 1. The first kappa shape index (κ1) is 17.6. The monoisotopic (exact) mass is 314 g/mol. The standard InChI is InChI=1S/C15H23ClN2O3/c1-4-10(3)18-8-11-6-12(16)15(21-9-14(17)19)13(7-11)20-5-2/h6-7,10,18H,4-5,8-9H2,1-3H3,(H2,17,19). The van der Waals surface area contributed by atoms with Gasteiger partial charge in [-0.15, -0.1) is 0 Å². The lowest BCUT2D eigenvalue weighted by Crippen LogP contribution is -2.24. The maximum atomic E-state index is 10.8. The molecule has 1 amide bonds. The molecule has 1 unspecified atom stereocenters. The van der Waals surface area contributed by atoms with E-state index in [0.29, 0.717) is 35.7 Å². The summed E-state index contributed by atoms with van der Waals surface area (Å²) in [7, 11) is 0. The van der Waals surface area contributed by atoms with Gasteiger partial charge in [-0.2, -0.15) is 0 Å². The second-order valence-electron chi connectivity index (χ2n) is 4.78. The Morgan fingerprint density at radius 3 is 2.67 bits per heavy atom. The van der Waals surface area contributed by atoms with E-state index in [0.717, 1.165) is 12.0 Å². The summed E-state index contributed by atoms with van der Waals surface area (Å²) in [6.07, 6.45) is 1.05. The number of carbonyl (C=O) groups is 1. The maximum absolute atomic E-state index is 10.8. The molecular formula is C15H23ClN2O3. The van der Waals surface area contributed by atoms with Crippen molar-refractivity contribution in [2.45, 2.75) is 39.8 Å². The highest BCUT2D eigenvalue weighted by molar-refractivity contribution is 6.32. The first-order valence-corrected chi connectivity index (χ1v) is 7.45. The highest BCUT2D eigenvalue weighted by Gasteiger charge is 2.14. The zero-order valence-electron chi connectivity index (χ0n) is 12.7. The van der Waals surface area contributed by atoms with Gasteiger partial charge in [0, 0.05) is 12.6 Å². The zero-order valence-corrected chi connectivity index (χ0v) is 13.5. The summed E-state index contributed by atoms with van der Waals surface area (Å²) in [6, 6.07) is 4.08. The van der Waals surface area contributed by atoms with E-state index >= 15 is 0 Å². The van der Waals surface area contributed by atoms with Crippen molar-refractivity contribution in [3.05, 3.63) is 22.7 Å². The number of hydrogen-bond donors (Lipinski definition) is 2. The molecule has 0 bridgehead atoms. The first-order chi connectivity index (χ1) is 9.97. The van der Waals surface area contributed by atoms with E-state index in [2.05, 4.69) is 19.2 Å². The lowest BCUT2D eigenvalue weighted by atomic mass is 10.1. The summed E-state index contributed by atoms with van der Waals surface area (Å²) in [5, 5.41) is 3.79. The molecule has 0 aromatic heterocycles. The summed E-state index contributed by atoms with van der Waals surface area (Å²) >= 11 is 6.22. The van der Waals surface area contributed by atoms with Crippen LogP contribution in [0.1, 0.15) is 32.8 Å². The number of primary amides is 1. The Balaban J connectivity index is 2.91. The van der Waals surface area contributed by atoms with Gasteiger partial charge < -0.3 is 20.5 Å². The second-order valence-corrected chi connectivity index (χ2v) is 5.19. The Bertz CT molecular complexity index is 480. The second kappa shape index (κ2) is 8.74. The predicted molar refractivity (Wildman–Crippen MR) is 83.9 cm³/mol. The van der Waals surface area contributed by atoms with Crippen LogP contribution in [-0.4, -0.2) is 25.2 Å². The van der Waals surface area contributed by atoms with Crippen LogP contribution in [0.3, 0.4) is 0 Å². The van der Waals surface area contributed by atoms with Gasteiger partial charge in [-0.25, -0.2) is 0 Å². The fourth-order valence-electron chi connectivity index (χ4n) is 1.71. The minimum absolute atomic E-state index is 0.232. The van der Waals surface area contributed by atoms with Crippen LogP contribution in [0.25, 0.3) is 0 Å². The number of hydrogen-bond acceptors (Lipinski definition) is 4. The van der Waals surface area contributed by atoms with E-state index in [1.807, 2.05) is 13.0 Å². The number of halogens is 1. The third-order valence-electron chi connectivity index (χ3n) is 2.99. The van der Waals surface area contributed by atoms with Gasteiger partial charge in [-0.1, -0.05) is 18.5 Å². The number of nitrogens with two attached hydrogens (primary N) is 1. The Labute approximate surface area is 130 Å². The van der Waals surface area contributed by atoms with Crippen LogP contribution in [0.5, 0.6) is 11.5 Å². The fourth-order valence-corrected chi connectivity index (χ4v) is 1.99. The van der Waals surface area contributed by atoms with Crippen molar-refractivity contribution in [1.29, 1.82) is 0 Å². The fraction of sp³-hybridized carbons (Fsp3) is 0.533. The molecule has 3 N–H and O–H groups in total. The Kier molecular flexibility index (Phi) is 7.32. The van der Waals surface area contributed by atoms with Crippen LogP contribution in [-0.2, 0) is 11.3 Å². The SMILES string of the molecule is CCOc1cc(CNC(C)CC)cc(Cl)c1OCC(N)=O. The largest absolute Gasteiger partial charge is 0.490 e. The van der Waals surface area contributed by atoms with Crippen molar-refractivity contribution >= 4 is 17.5 Å². The molecule has 0 fully saturated rings. The molecule has 1 aromatic rings. The number of rotatable bonds is 9. The molecule has 118 valence electrons. The van der Waals surface area contributed by atoms with E-state index < -0.39 is 5.91 Å². The third kappa shape index (κ3) is 5.81. The highest BCUT2D eigenvalue weighted by atomic mass is 35.5. The van der Waals surface area contributed by atoms with Gasteiger partial charge in [0.2, 0.25) is 0 Å². The van der Waals surface area contributed by atoms with Gasteiger partial charge in [0.1, 0.15) is 0 Å².